The summed E-state index contributed by atoms with van der Waals surface area (Å²) in [5.41, 5.74) is 3.18. The highest BCUT2D eigenvalue weighted by atomic mass is 16.7. The molecule has 6 nitrogen and oxygen atoms in total. The number of non-ortho nitro benzene ring substituents is 1. The summed E-state index contributed by atoms with van der Waals surface area (Å²) >= 11 is 0. The molecule has 0 radical (unpaired) electrons. The van der Waals surface area contributed by atoms with Crippen LogP contribution in [0.2, 0.25) is 0 Å². The zero-order valence-corrected chi connectivity index (χ0v) is 10.6. The van der Waals surface area contributed by atoms with E-state index in [1.807, 2.05) is 13.8 Å². The normalized spacial score (nSPS) is 10.4. The van der Waals surface area contributed by atoms with Gasteiger partial charge in [-0.05, 0) is 24.5 Å². The minimum atomic E-state index is -0.496. The predicted molar refractivity (Wildman–Crippen MR) is 66.1 cm³/mol. The van der Waals surface area contributed by atoms with Crippen molar-refractivity contribution in [3.05, 3.63) is 39.4 Å². The van der Waals surface area contributed by atoms with Crippen molar-refractivity contribution in [1.29, 1.82) is 0 Å². The maximum atomic E-state index is 11.7. The molecule has 1 aromatic carbocycles. The number of nitrogens with zero attached hydrogens (tertiary/aromatic N) is 1. The third kappa shape index (κ3) is 3.81. The standard InChI is InChI=1S/C12H16N2O4/c1-8(2)7-18-13-12(15)11-5-4-10(14(16)17)6-9(11)3/h4-6,8H,7H2,1-3H3,(H,13,15). The molecule has 6 heteroatoms. The van der Waals surface area contributed by atoms with Crippen molar-refractivity contribution in [1.82, 2.24) is 5.48 Å². The van der Waals surface area contributed by atoms with E-state index in [1.165, 1.54) is 18.2 Å². The van der Waals surface area contributed by atoms with Gasteiger partial charge in [0.05, 0.1) is 11.5 Å². The summed E-state index contributed by atoms with van der Waals surface area (Å²) in [4.78, 5) is 26.8. The molecule has 0 bridgehead atoms. The Morgan fingerprint density at radius 1 is 1.50 bits per heavy atom. The Morgan fingerprint density at radius 3 is 2.67 bits per heavy atom. The van der Waals surface area contributed by atoms with Crippen molar-refractivity contribution in [2.75, 3.05) is 6.61 Å². The van der Waals surface area contributed by atoms with E-state index in [2.05, 4.69) is 5.48 Å². The SMILES string of the molecule is Cc1cc([N+](=O)[O-])ccc1C(=O)NOCC(C)C. The lowest BCUT2D eigenvalue weighted by molar-refractivity contribution is -0.384. The van der Waals surface area contributed by atoms with Gasteiger partial charge in [-0.3, -0.25) is 19.7 Å². The van der Waals surface area contributed by atoms with E-state index in [4.69, 9.17) is 4.84 Å². The molecule has 0 aliphatic heterocycles. The number of hydrogen-bond acceptors (Lipinski definition) is 4. The molecule has 0 atom stereocenters. The van der Waals surface area contributed by atoms with Crippen molar-refractivity contribution >= 4 is 11.6 Å². The largest absolute Gasteiger partial charge is 0.275 e. The second-order valence-corrected chi connectivity index (χ2v) is 4.39. The van der Waals surface area contributed by atoms with Gasteiger partial charge >= 0.3 is 0 Å². The second kappa shape index (κ2) is 6.11. The molecule has 0 heterocycles. The molecule has 1 aromatic rings. The quantitative estimate of drug-likeness (QED) is 0.643. The molecule has 1 rings (SSSR count). The van der Waals surface area contributed by atoms with Crippen LogP contribution in [0.4, 0.5) is 5.69 Å². The summed E-state index contributed by atoms with van der Waals surface area (Å²) in [7, 11) is 0. The van der Waals surface area contributed by atoms with Crippen LogP contribution in [0.5, 0.6) is 0 Å². The molecule has 0 aliphatic carbocycles. The minimum absolute atomic E-state index is 0.0350. The summed E-state index contributed by atoms with van der Waals surface area (Å²) in [5.74, 6) is -0.0914. The highest BCUT2D eigenvalue weighted by Crippen LogP contribution is 2.16. The molecular formula is C12H16N2O4. The van der Waals surface area contributed by atoms with Crippen LogP contribution < -0.4 is 5.48 Å². The fraction of sp³-hybridized carbons (Fsp3) is 0.417. The predicted octanol–water partition coefficient (Wildman–Crippen LogP) is 2.22. The van der Waals surface area contributed by atoms with Crippen LogP contribution in [0, 0.1) is 23.0 Å². The van der Waals surface area contributed by atoms with Crippen molar-refractivity contribution < 1.29 is 14.6 Å². The lowest BCUT2D eigenvalue weighted by atomic mass is 10.1. The van der Waals surface area contributed by atoms with E-state index in [1.54, 1.807) is 6.92 Å². The average molecular weight is 252 g/mol. The first-order valence-electron chi connectivity index (χ1n) is 5.59. The van der Waals surface area contributed by atoms with Crippen molar-refractivity contribution in [2.45, 2.75) is 20.8 Å². The van der Waals surface area contributed by atoms with E-state index in [9.17, 15) is 14.9 Å². The molecule has 0 aliphatic rings. The molecule has 18 heavy (non-hydrogen) atoms. The Hall–Kier alpha value is -1.95. The maximum absolute atomic E-state index is 11.7. The molecule has 98 valence electrons. The molecule has 0 aromatic heterocycles. The van der Waals surface area contributed by atoms with Crippen LogP contribution in [0.3, 0.4) is 0 Å². The number of carbonyl (C=O) groups is 1. The van der Waals surface area contributed by atoms with E-state index in [-0.39, 0.29) is 5.69 Å². The van der Waals surface area contributed by atoms with E-state index in [0.29, 0.717) is 23.7 Å². The van der Waals surface area contributed by atoms with Crippen LogP contribution in [0.15, 0.2) is 18.2 Å². The summed E-state index contributed by atoms with van der Waals surface area (Å²) in [6.07, 6.45) is 0. The molecule has 0 fully saturated rings. The first kappa shape index (κ1) is 14.1. The van der Waals surface area contributed by atoms with Gasteiger partial charge in [-0.25, -0.2) is 5.48 Å². The number of hydrogen-bond donors (Lipinski definition) is 1. The second-order valence-electron chi connectivity index (χ2n) is 4.39. The van der Waals surface area contributed by atoms with E-state index in [0.717, 1.165) is 0 Å². The van der Waals surface area contributed by atoms with Crippen molar-refractivity contribution in [2.24, 2.45) is 5.92 Å². The van der Waals surface area contributed by atoms with Crippen LogP contribution in [0.1, 0.15) is 29.8 Å². The van der Waals surface area contributed by atoms with Gasteiger partial charge in [0.2, 0.25) is 0 Å². The zero-order chi connectivity index (χ0) is 13.7. The number of nitrogens with one attached hydrogen (secondary N) is 1. The van der Waals surface area contributed by atoms with Crippen LogP contribution in [0.25, 0.3) is 0 Å². The van der Waals surface area contributed by atoms with Gasteiger partial charge in [0.1, 0.15) is 0 Å². The fourth-order valence-corrected chi connectivity index (χ4v) is 1.35. The Kier molecular flexibility index (Phi) is 4.79. The fourth-order valence-electron chi connectivity index (χ4n) is 1.35. The molecule has 1 amide bonds. The van der Waals surface area contributed by atoms with Crippen LogP contribution in [-0.2, 0) is 4.84 Å². The molecule has 0 saturated heterocycles. The monoisotopic (exact) mass is 252 g/mol. The van der Waals surface area contributed by atoms with Gasteiger partial charge in [0, 0.05) is 17.7 Å². The highest BCUT2D eigenvalue weighted by molar-refractivity contribution is 5.95. The van der Waals surface area contributed by atoms with Gasteiger partial charge < -0.3 is 0 Å². The Labute approximate surface area is 105 Å². The van der Waals surface area contributed by atoms with Gasteiger partial charge in [-0.1, -0.05) is 13.8 Å². The maximum Gasteiger partial charge on any atom is 0.275 e. The molecule has 0 spiro atoms. The van der Waals surface area contributed by atoms with Gasteiger partial charge in [-0.2, -0.15) is 0 Å². The van der Waals surface area contributed by atoms with Crippen molar-refractivity contribution in [3.63, 3.8) is 0 Å². The van der Waals surface area contributed by atoms with Gasteiger partial charge in [-0.15, -0.1) is 0 Å². The number of amides is 1. The van der Waals surface area contributed by atoms with E-state index >= 15 is 0 Å². The van der Waals surface area contributed by atoms with Crippen molar-refractivity contribution in [3.8, 4) is 0 Å². The van der Waals surface area contributed by atoms with Gasteiger partial charge in [0.15, 0.2) is 0 Å². The number of aryl methyl sites for hydroxylation is 1. The van der Waals surface area contributed by atoms with E-state index < -0.39 is 10.8 Å². The number of carbonyl (C=O) groups excluding carboxylic acids is 1. The molecule has 0 saturated carbocycles. The third-order valence-corrected chi connectivity index (χ3v) is 2.25. The lowest BCUT2D eigenvalue weighted by Crippen LogP contribution is -2.26. The number of nitro groups is 1. The molecular weight excluding hydrogens is 236 g/mol. The molecule has 1 N–H and O–H groups in total. The summed E-state index contributed by atoms with van der Waals surface area (Å²) in [6, 6.07) is 4.07. The summed E-state index contributed by atoms with van der Waals surface area (Å²) < 4.78 is 0. The topological polar surface area (TPSA) is 81.5 Å². The third-order valence-electron chi connectivity index (χ3n) is 2.25. The molecule has 0 unspecified atom stereocenters. The van der Waals surface area contributed by atoms with Gasteiger partial charge in [0.25, 0.3) is 11.6 Å². The Balaban J connectivity index is 2.72. The minimum Gasteiger partial charge on any atom is -0.273 e. The average Bonchev–Trinajstić information content (AvgIpc) is 2.27. The first-order valence-corrected chi connectivity index (χ1v) is 5.59. The van der Waals surface area contributed by atoms with Crippen LogP contribution in [-0.4, -0.2) is 17.4 Å². The Morgan fingerprint density at radius 2 is 2.17 bits per heavy atom. The number of rotatable bonds is 5. The number of benzene rings is 1. The van der Waals surface area contributed by atoms with Crippen LogP contribution >= 0.6 is 0 Å². The lowest BCUT2D eigenvalue weighted by Gasteiger charge is -2.09. The number of nitro benzene ring substituents is 1. The highest BCUT2D eigenvalue weighted by Gasteiger charge is 2.13. The summed E-state index contributed by atoms with van der Waals surface area (Å²) in [6.45, 7) is 5.98. The smallest absolute Gasteiger partial charge is 0.273 e. The summed E-state index contributed by atoms with van der Waals surface area (Å²) in [5, 5.41) is 10.6. The first-order chi connectivity index (χ1) is 8.41. The Bertz CT molecular complexity index is 457. The zero-order valence-electron chi connectivity index (χ0n) is 10.6. The number of hydroxylamine groups is 1.